The van der Waals surface area contributed by atoms with Gasteiger partial charge in [0.05, 0.1) is 16.2 Å². The number of carbonyl (C=O) groups is 1. The molecule has 0 unspecified atom stereocenters. The minimum Gasteiger partial charge on any atom is -0.306 e. The van der Waals surface area contributed by atoms with Crippen molar-refractivity contribution in [2.45, 2.75) is 26.8 Å². The summed E-state index contributed by atoms with van der Waals surface area (Å²) >= 11 is 6.23. The molecule has 124 valence electrons. The fourth-order valence-electron chi connectivity index (χ4n) is 2.59. The van der Waals surface area contributed by atoms with Gasteiger partial charge in [0.1, 0.15) is 0 Å². The van der Waals surface area contributed by atoms with Crippen LogP contribution in [0.3, 0.4) is 0 Å². The van der Waals surface area contributed by atoms with Gasteiger partial charge in [-0.25, -0.2) is 4.79 Å². The van der Waals surface area contributed by atoms with Crippen molar-refractivity contribution in [2.75, 3.05) is 10.6 Å². The summed E-state index contributed by atoms with van der Waals surface area (Å²) in [5.41, 5.74) is 2.27. The standard InChI is InChI=1S/C17H18ClN5O/c1-10(2)23-11(3)9-15(22-23)20-17(24)21-16-12-5-4-8-19-14(12)7-6-13(16)18/h4-10H,1-3H3,(H2,20,21,22,24). The molecule has 0 saturated heterocycles. The second-order valence-electron chi connectivity index (χ2n) is 5.78. The van der Waals surface area contributed by atoms with E-state index in [-0.39, 0.29) is 6.04 Å². The molecule has 2 heterocycles. The Kier molecular flexibility index (Phi) is 4.40. The third kappa shape index (κ3) is 3.19. The van der Waals surface area contributed by atoms with Gasteiger partial charge in [0.25, 0.3) is 0 Å². The van der Waals surface area contributed by atoms with Gasteiger partial charge in [-0.1, -0.05) is 11.6 Å². The van der Waals surface area contributed by atoms with E-state index in [9.17, 15) is 4.79 Å². The van der Waals surface area contributed by atoms with E-state index < -0.39 is 6.03 Å². The van der Waals surface area contributed by atoms with Crippen molar-refractivity contribution in [3.05, 3.63) is 47.2 Å². The largest absolute Gasteiger partial charge is 0.324 e. The lowest BCUT2D eigenvalue weighted by atomic mass is 10.2. The van der Waals surface area contributed by atoms with Gasteiger partial charge in [0.15, 0.2) is 5.82 Å². The van der Waals surface area contributed by atoms with Gasteiger partial charge in [-0.15, -0.1) is 0 Å². The Bertz CT molecular complexity index is 903. The number of rotatable bonds is 3. The number of halogens is 1. The molecule has 3 rings (SSSR count). The first-order valence-corrected chi connectivity index (χ1v) is 8.01. The molecule has 2 aromatic heterocycles. The van der Waals surface area contributed by atoms with Crippen LogP contribution in [0.5, 0.6) is 0 Å². The molecule has 0 atom stereocenters. The number of nitrogens with zero attached hydrogens (tertiary/aromatic N) is 3. The molecule has 2 amide bonds. The second-order valence-corrected chi connectivity index (χ2v) is 6.19. The van der Waals surface area contributed by atoms with Crippen molar-refractivity contribution < 1.29 is 4.79 Å². The number of hydrogen-bond donors (Lipinski definition) is 2. The zero-order valence-electron chi connectivity index (χ0n) is 13.7. The number of nitrogens with one attached hydrogen (secondary N) is 2. The van der Waals surface area contributed by atoms with Crippen LogP contribution in [0.2, 0.25) is 5.02 Å². The average Bonchev–Trinajstić information content (AvgIpc) is 2.91. The summed E-state index contributed by atoms with van der Waals surface area (Å²) in [6.07, 6.45) is 1.70. The van der Waals surface area contributed by atoms with E-state index in [1.165, 1.54) is 0 Å². The molecule has 24 heavy (non-hydrogen) atoms. The van der Waals surface area contributed by atoms with Crippen LogP contribution in [0, 0.1) is 6.92 Å². The number of urea groups is 1. The van der Waals surface area contributed by atoms with Gasteiger partial charge < -0.3 is 5.32 Å². The van der Waals surface area contributed by atoms with Crippen molar-refractivity contribution in [1.82, 2.24) is 14.8 Å². The third-order valence-electron chi connectivity index (χ3n) is 3.63. The average molecular weight is 344 g/mol. The van der Waals surface area contributed by atoms with Gasteiger partial charge in [0, 0.05) is 29.4 Å². The highest BCUT2D eigenvalue weighted by Crippen LogP contribution is 2.30. The van der Waals surface area contributed by atoms with Crippen LogP contribution in [0.25, 0.3) is 10.9 Å². The van der Waals surface area contributed by atoms with E-state index in [1.807, 2.05) is 43.7 Å². The number of hydrogen-bond acceptors (Lipinski definition) is 3. The number of aryl methyl sites for hydroxylation is 1. The lowest BCUT2D eigenvalue weighted by Gasteiger charge is -2.10. The third-order valence-corrected chi connectivity index (χ3v) is 3.94. The van der Waals surface area contributed by atoms with Crippen molar-refractivity contribution in [3.8, 4) is 0 Å². The second kappa shape index (κ2) is 6.49. The van der Waals surface area contributed by atoms with Crippen molar-refractivity contribution >= 4 is 40.0 Å². The first kappa shape index (κ1) is 16.3. The molecule has 0 radical (unpaired) electrons. The lowest BCUT2D eigenvalue weighted by molar-refractivity contribution is 0.262. The molecular formula is C17H18ClN5O. The van der Waals surface area contributed by atoms with E-state index >= 15 is 0 Å². The number of pyridine rings is 1. The number of fused-ring (bicyclic) bond motifs is 1. The maximum Gasteiger partial charge on any atom is 0.324 e. The fourth-order valence-corrected chi connectivity index (χ4v) is 2.80. The zero-order valence-corrected chi connectivity index (χ0v) is 14.4. The number of carbonyl (C=O) groups excluding carboxylic acids is 1. The summed E-state index contributed by atoms with van der Waals surface area (Å²) in [5.74, 6) is 0.494. The predicted molar refractivity (Wildman–Crippen MR) is 96.7 cm³/mol. The summed E-state index contributed by atoms with van der Waals surface area (Å²) in [7, 11) is 0. The molecule has 0 aliphatic heterocycles. The fraction of sp³-hybridized carbons (Fsp3) is 0.235. The quantitative estimate of drug-likeness (QED) is 0.729. The molecule has 0 aliphatic carbocycles. The Balaban J connectivity index is 1.83. The first-order chi connectivity index (χ1) is 11.5. The van der Waals surface area contributed by atoms with E-state index in [2.05, 4.69) is 20.7 Å². The van der Waals surface area contributed by atoms with Crippen LogP contribution in [0.4, 0.5) is 16.3 Å². The van der Waals surface area contributed by atoms with Crippen molar-refractivity contribution in [1.29, 1.82) is 0 Å². The maximum atomic E-state index is 12.3. The van der Waals surface area contributed by atoms with Gasteiger partial charge in [-0.05, 0) is 45.0 Å². The molecule has 6 nitrogen and oxygen atoms in total. The number of benzene rings is 1. The minimum atomic E-state index is -0.401. The Morgan fingerprint density at radius 3 is 2.75 bits per heavy atom. The molecule has 1 aromatic carbocycles. The Labute approximate surface area is 144 Å². The van der Waals surface area contributed by atoms with Crippen LogP contribution in [0.1, 0.15) is 25.6 Å². The highest BCUT2D eigenvalue weighted by molar-refractivity contribution is 6.35. The molecule has 7 heteroatoms. The van der Waals surface area contributed by atoms with Crippen LogP contribution < -0.4 is 10.6 Å². The summed E-state index contributed by atoms with van der Waals surface area (Å²) < 4.78 is 1.85. The molecule has 2 N–H and O–H groups in total. The lowest BCUT2D eigenvalue weighted by Crippen LogP contribution is -2.20. The van der Waals surface area contributed by atoms with Crippen LogP contribution in [-0.4, -0.2) is 20.8 Å². The van der Waals surface area contributed by atoms with Gasteiger partial charge in [0.2, 0.25) is 0 Å². The van der Waals surface area contributed by atoms with Gasteiger partial charge in [-0.3, -0.25) is 15.0 Å². The number of amides is 2. The SMILES string of the molecule is Cc1cc(NC(=O)Nc2c(Cl)ccc3ncccc23)nn1C(C)C. The Morgan fingerprint density at radius 2 is 2.04 bits per heavy atom. The molecule has 0 fully saturated rings. The van der Waals surface area contributed by atoms with Crippen LogP contribution >= 0.6 is 11.6 Å². The molecular weight excluding hydrogens is 326 g/mol. The molecule has 0 bridgehead atoms. The Morgan fingerprint density at radius 1 is 1.25 bits per heavy atom. The number of aromatic nitrogens is 3. The van der Waals surface area contributed by atoms with Crippen LogP contribution in [-0.2, 0) is 0 Å². The van der Waals surface area contributed by atoms with Crippen molar-refractivity contribution in [2.24, 2.45) is 0 Å². The highest BCUT2D eigenvalue weighted by Gasteiger charge is 2.13. The van der Waals surface area contributed by atoms with Crippen LogP contribution in [0.15, 0.2) is 36.5 Å². The topological polar surface area (TPSA) is 71.8 Å². The highest BCUT2D eigenvalue weighted by atomic mass is 35.5. The minimum absolute atomic E-state index is 0.224. The van der Waals surface area contributed by atoms with E-state index in [0.717, 1.165) is 16.6 Å². The summed E-state index contributed by atoms with van der Waals surface area (Å²) in [6.45, 7) is 6.02. The van der Waals surface area contributed by atoms with E-state index in [0.29, 0.717) is 16.5 Å². The molecule has 0 spiro atoms. The summed E-state index contributed by atoms with van der Waals surface area (Å²) in [4.78, 5) is 16.6. The molecule has 0 saturated carbocycles. The van der Waals surface area contributed by atoms with E-state index in [1.54, 1.807) is 18.3 Å². The summed E-state index contributed by atoms with van der Waals surface area (Å²) in [6, 6.07) is 8.84. The number of anilines is 2. The molecule has 3 aromatic rings. The Hall–Kier alpha value is -2.60. The normalized spacial score (nSPS) is 11.0. The summed E-state index contributed by atoms with van der Waals surface area (Å²) in [5, 5.41) is 11.1. The van der Waals surface area contributed by atoms with Crippen molar-refractivity contribution in [3.63, 3.8) is 0 Å². The first-order valence-electron chi connectivity index (χ1n) is 7.63. The molecule has 0 aliphatic rings. The van der Waals surface area contributed by atoms with E-state index in [4.69, 9.17) is 11.6 Å². The van der Waals surface area contributed by atoms with Gasteiger partial charge >= 0.3 is 6.03 Å². The maximum absolute atomic E-state index is 12.3. The monoisotopic (exact) mass is 343 g/mol. The van der Waals surface area contributed by atoms with Gasteiger partial charge in [-0.2, -0.15) is 5.10 Å². The zero-order chi connectivity index (χ0) is 17.3. The predicted octanol–water partition coefficient (Wildman–Crippen LogP) is 4.62. The smallest absolute Gasteiger partial charge is 0.306 e.